The van der Waals surface area contributed by atoms with Gasteiger partial charge < -0.3 is 15.5 Å². The van der Waals surface area contributed by atoms with Crippen LogP contribution >= 0.6 is 0 Å². The summed E-state index contributed by atoms with van der Waals surface area (Å²) < 4.78 is 0. The zero-order chi connectivity index (χ0) is 47.0. The molecule has 382 valence electrons. The van der Waals surface area contributed by atoms with E-state index in [1.807, 2.05) is 6.08 Å². The summed E-state index contributed by atoms with van der Waals surface area (Å²) >= 11 is 0. The van der Waals surface area contributed by atoms with E-state index >= 15 is 0 Å². The summed E-state index contributed by atoms with van der Waals surface area (Å²) in [6.45, 7) is 4.32. The van der Waals surface area contributed by atoms with Crippen LogP contribution in [0, 0.1) is 0 Å². The molecule has 4 nitrogen and oxygen atoms in total. The Morgan fingerprint density at radius 2 is 0.646 bits per heavy atom. The van der Waals surface area contributed by atoms with E-state index in [0.717, 1.165) is 38.5 Å². The summed E-state index contributed by atoms with van der Waals surface area (Å²) in [5.74, 6) is -0.0731. The molecular weight excluding hydrogens is 795 g/mol. The average Bonchev–Trinajstić information content (AvgIpc) is 3.31. The Balaban J connectivity index is 3.51. The van der Waals surface area contributed by atoms with Crippen molar-refractivity contribution in [1.82, 2.24) is 5.32 Å². The molecule has 0 heterocycles. The van der Waals surface area contributed by atoms with Crippen molar-refractivity contribution in [2.75, 3.05) is 6.61 Å². The highest BCUT2D eigenvalue weighted by atomic mass is 16.3. The van der Waals surface area contributed by atoms with E-state index in [4.69, 9.17) is 0 Å². The Morgan fingerprint density at radius 1 is 0.369 bits per heavy atom. The number of hydrogen-bond donors (Lipinski definition) is 3. The fourth-order valence-electron chi connectivity index (χ4n) is 9.05. The largest absolute Gasteiger partial charge is 0.394 e. The number of unbranched alkanes of at least 4 members (excludes halogenated alkanes) is 41. The molecule has 0 aromatic heterocycles. The molecule has 2 unspecified atom stereocenters. The van der Waals surface area contributed by atoms with Crippen LogP contribution < -0.4 is 5.32 Å². The molecule has 4 heteroatoms. The van der Waals surface area contributed by atoms with Gasteiger partial charge in [-0.15, -0.1) is 0 Å². The first kappa shape index (κ1) is 63.4. The Labute approximate surface area is 407 Å². The molecule has 0 bridgehead atoms. The maximum absolute atomic E-state index is 12.5. The van der Waals surface area contributed by atoms with Crippen LogP contribution in [-0.4, -0.2) is 34.9 Å². The van der Waals surface area contributed by atoms with Crippen LogP contribution in [0.3, 0.4) is 0 Å². The lowest BCUT2D eigenvalue weighted by Crippen LogP contribution is -2.45. The summed E-state index contributed by atoms with van der Waals surface area (Å²) in [7, 11) is 0. The summed E-state index contributed by atoms with van der Waals surface area (Å²) in [5.41, 5.74) is 0. The molecule has 3 N–H and O–H groups in total. The first-order chi connectivity index (χ1) is 32.2. The molecule has 0 aromatic carbocycles. The molecule has 0 aliphatic carbocycles. The van der Waals surface area contributed by atoms with Crippen molar-refractivity contribution in [3.8, 4) is 0 Å². The van der Waals surface area contributed by atoms with Crippen molar-refractivity contribution in [3.05, 3.63) is 48.6 Å². The minimum atomic E-state index is -0.865. The van der Waals surface area contributed by atoms with Crippen LogP contribution in [0.2, 0.25) is 0 Å². The van der Waals surface area contributed by atoms with Gasteiger partial charge in [0.15, 0.2) is 0 Å². The van der Waals surface area contributed by atoms with E-state index in [0.29, 0.717) is 6.42 Å². The number of aliphatic hydroxyl groups excluding tert-OH is 2. The summed E-state index contributed by atoms with van der Waals surface area (Å²) in [4.78, 5) is 12.5. The molecule has 0 aromatic rings. The predicted octanol–water partition coefficient (Wildman–Crippen LogP) is 19.4. The first-order valence-corrected chi connectivity index (χ1v) is 29.4. The molecule has 0 fully saturated rings. The topological polar surface area (TPSA) is 69.6 Å². The number of aliphatic hydroxyl groups is 2. The second kappa shape index (κ2) is 56.7. The van der Waals surface area contributed by atoms with Crippen LogP contribution in [0.25, 0.3) is 0 Å². The third-order valence-electron chi connectivity index (χ3n) is 13.5. The summed E-state index contributed by atoms with van der Waals surface area (Å²) in [5, 5.41) is 23.2. The number of allylic oxidation sites excluding steroid dienone is 7. The van der Waals surface area contributed by atoms with Gasteiger partial charge in [-0.1, -0.05) is 294 Å². The van der Waals surface area contributed by atoms with Crippen molar-refractivity contribution >= 4 is 5.91 Å². The molecule has 1 amide bonds. The van der Waals surface area contributed by atoms with Crippen LogP contribution in [0.15, 0.2) is 48.6 Å². The maximum atomic E-state index is 12.5. The van der Waals surface area contributed by atoms with Crippen LogP contribution in [0.5, 0.6) is 0 Å². The first-order valence-electron chi connectivity index (χ1n) is 29.4. The van der Waals surface area contributed by atoms with Gasteiger partial charge in [0.25, 0.3) is 0 Å². The van der Waals surface area contributed by atoms with Crippen molar-refractivity contribution in [1.29, 1.82) is 0 Å². The molecule has 0 radical (unpaired) electrons. The molecule has 0 rings (SSSR count). The van der Waals surface area contributed by atoms with Gasteiger partial charge in [-0.3, -0.25) is 4.79 Å². The molecule has 65 heavy (non-hydrogen) atoms. The normalized spacial score (nSPS) is 13.1. The standard InChI is InChI=1S/C61H115NO3/c1-3-5-7-9-11-13-15-17-19-21-23-25-27-28-29-30-31-32-33-35-36-38-40-42-44-46-48-50-52-54-56-60(64)59(58-63)62-61(65)57-55-53-51-49-47-45-43-41-39-37-34-26-24-22-20-18-16-14-12-10-8-6-4-2/h16,18,22,24,46,48,54,56,59-60,63-64H,3-15,17,19-21,23,25-45,47,49-53,55,57-58H2,1-2H3,(H,62,65)/b18-16-,24-22-,48-46+,56-54+. The van der Waals surface area contributed by atoms with Gasteiger partial charge in [-0.2, -0.15) is 0 Å². The van der Waals surface area contributed by atoms with E-state index in [9.17, 15) is 15.0 Å². The van der Waals surface area contributed by atoms with Crippen molar-refractivity contribution in [2.24, 2.45) is 0 Å². The smallest absolute Gasteiger partial charge is 0.220 e. The molecule has 0 aliphatic heterocycles. The third kappa shape index (κ3) is 53.2. The zero-order valence-corrected chi connectivity index (χ0v) is 44.0. The van der Waals surface area contributed by atoms with Gasteiger partial charge in [0.2, 0.25) is 5.91 Å². The van der Waals surface area contributed by atoms with E-state index in [2.05, 4.69) is 55.6 Å². The van der Waals surface area contributed by atoms with Crippen LogP contribution in [-0.2, 0) is 4.79 Å². The minimum Gasteiger partial charge on any atom is -0.394 e. The predicted molar refractivity (Wildman–Crippen MR) is 290 cm³/mol. The summed E-state index contributed by atoms with van der Waals surface area (Å²) in [6.07, 6.45) is 78.6. The van der Waals surface area contributed by atoms with Gasteiger partial charge in [-0.05, 0) is 64.2 Å². The van der Waals surface area contributed by atoms with E-state index < -0.39 is 12.1 Å². The number of rotatable bonds is 54. The fourth-order valence-corrected chi connectivity index (χ4v) is 9.05. The molecule has 0 aliphatic rings. The zero-order valence-electron chi connectivity index (χ0n) is 44.0. The molecule has 2 atom stereocenters. The Morgan fingerprint density at radius 3 is 0.985 bits per heavy atom. The second-order valence-corrected chi connectivity index (χ2v) is 20.1. The Bertz CT molecular complexity index is 1030. The number of amides is 1. The third-order valence-corrected chi connectivity index (χ3v) is 13.5. The maximum Gasteiger partial charge on any atom is 0.220 e. The molecule has 0 saturated heterocycles. The highest BCUT2D eigenvalue weighted by Gasteiger charge is 2.18. The van der Waals surface area contributed by atoms with Gasteiger partial charge in [0, 0.05) is 6.42 Å². The highest BCUT2D eigenvalue weighted by Crippen LogP contribution is 2.17. The Hall–Kier alpha value is -1.65. The monoisotopic (exact) mass is 910 g/mol. The lowest BCUT2D eigenvalue weighted by Gasteiger charge is -2.19. The van der Waals surface area contributed by atoms with Crippen molar-refractivity contribution < 1.29 is 15.0 Å². The van der Waals surface area contributed by atoms with E-state index in [-0.39, 0.29) is 12.5 Å². The van der Waals surface area contributed by atoms with E-state index in [1.165, 1.54) is 257 Å². The number of nitrogens with one attached hydrogen (secondary N) is 1. The summed E-state index contributed by atoms with van der Waals surface area (Å²) in [6, 6.07) is -0.642. The second-order valence-electron chi connectivity index (χ2n) is 20.1. The number of carbonyl (C=O) groups is 1. The van der Waals surface area contributed by atoms with Gasteiger partial charge in [0.05, 0.1) is 18.8 Å². The SMILES string of the molecule is CCCCCCC/C=C\C/C=C\CCCCCCCCCCCCCC(=O)NC(CO)C(O)/C=C/CC/C=C/CCCCCCCCCCCCCCCCCCCCCCCCCC. The average molecular weight is 911 g/mol. The van der Waals surface area contributed by atoms with Crippen LogP contribution in [0.1, 0.15) is 316 Å². The van der Waals surface area contributed by atoms with Gasteiger partial charge >= 0.3 is 0 Å². The fraction of sp³-hybridized carbons (Fsp3) is 0.852. The molecule has 0 spiro atoms. The van der Waals surface area contributed by atoms with Crippen molar-refractivity contribution in [3.63, 3.8) is 0 Å². The lowest BCUT2D eigenvalue weighted by atomic mass is 10.0. The Kier molecular flexibility index (Phi) is 55.2. The van der Waals surface area contributed by atoms with Gasteiger partial charge in [0.1, 0.15) is 0 Å². The van der Waals surface area contributed by atoms with Gasteiger partial charge in [-0.25, -0.2) is 0 Å². The van der Waals surface area contributed by atoms with Crippen molar-refractivity contribution in [2.45, 2.75) is 328 Å². The molecule has 0 saturated carbocycles. The quantitative estimate of drug-likeness (QED) is 0.0421. The number of hydrogen-bond acceptors (Lipinski definition) is 3. The minimum absolute atomic E-state index is 0.0731. The molecular formula is C61H115NO3. The van der Waals surface area contributed by atoms with E-state index in [1.54, 1.807) is 6.08 Å². The lowest BCUT2D eigenvalue weighted by molar-refractivity contribution is -0.123. The highest BCUT2D eigenvalue weighted by molar-refractivity contribution is 5.76. The number of carbonyl (C=O) groups excluding carboxylic acids is 1. The van der Waals surface area contributed by atoms with Crippen LogP contribution in [0.4, 0.5) is 0 Å².